The first-order valence-corrected chi connectivity index (χ1v) is 7.07. The van der Waals surface area contributed by atoms with E-state index in [0.717, 1.165) is 25.5 Å². The van der Waals surface area contributed by atoms with Crippen molar-refractivity contribution in [3.63, 3.8) is 0 Å². The second kappa shape index (κ2) is 7.87. The Labute approximate surface area is 110 Å². The van der Waals surface area contributed by atoms with Crippen molar-refractivity contribution in [1.29, 1.82) is 0 Å². The summed E-state index contributed by atoms with van der Waals surface area (Å²) in [4.78, 5) is 10.6. The molecule has 18 heavy (non-hydrogen) atoms. The van der Waals surface area contributed by atoms with Crippen molar-refractivity contribution >= 4 is 6.29 Å². The van der Waals surface area contributed by atoms with Gasteiger partial charge in [0.25, 0.3) is 5.97 Å². The normalized spacial score (nSPS) is 24.4. The van der Waals surface area contributed by atoms with Crippen molar-refractivity contribution < 1.29 is 19.0 Å². The van der Waals surface area contributed by atoms with Crippen LogP contribution >= 0.6 is 0 Å². The Balaban J connectivity index is 2.72. The molecule has 0 bridgehead atoms. The van der Waals surface area contributed by atoms with Crippen LogP contribution in [-0.4, -0.2) is 32.1 Å². The van der Waals surface area contributed by atoms with Gasteiger partial charge in [0.15, 0.2) is 0 Å². The van der Waals surface area contributed by atoms with E-state index in [1.165, 1.54) is 0 Å². The maximum absolute atomic E-state index is 10.6. The summed E-state index contributed by atoms with van der Waals surface area (Å²) in [5.41, 5.74) is 0. The topological polar surface area (TPSA) is 44.8 Å². The Morgan fingerprint density at radius 2 is 1.61 bits per heavy atom. The van der Waals surface area contributed by atoms with E-state index >= 15 is 0 Å². The molecule has 0 aromatic carbocycles. The number of carbonyl (C=O) groups excluding carboxylic acids is 1. The summed E-state index contributed by atoms with van der Waals surface area (Å²) < 4.78 is 17.4. The molecular weight excluding hydrogens is 232 g/mol. The average molecular weight is 258 g/mol. The summed E-state index contributed by atoms with van der Waals surface area (Å²) in [7, 11) is 0. The second-order valence-electron chi connectivity index (χ2n) is 4.68. The number of rotatable bonds is 9. The van der Waals surface area contributed by atoms with Crippen LogP contribution in [0.4, 0.5) is 0 Å². The molecule has 4 nitrogen and oxygen atoms in total. The minimum Gasteiger partial charge on any atom is -0.328 e. The Morgan fingerprint density at radius 1 is 1.06 bits per heavy atom. The Bertz CT molecular complexity index is 225. The third kappa shape index (κ3) is 3.77. The van der Waals surface area contributed by atoms with Gasteiger partial charge in [-0.15, -0.1) is 0 Å². The first-order valence-electron chi connectivity index (χ1n) is 7.07. The van der Waals surface area contributed by atoms with Gasteiger partial charge < -0.3 is 19.0 Å². The van der Waals surface area contributed by atoms with E-state index in [1.54, 1.807) is 0 Å². The van der Waals surface area contributed by atoms with Crippen molar-refractivity contribution in [3.05, 3.63) is 0 Å². The van der Waals surface area contributed by atoms with E-state index in [1.807, 2.05) is 20.8 Å². The molecule has 1 aliphatic carbocycles. The van der Waals surface area contributed by atoms with Crippen LogP contribution in [0.2, 0.25) is 0 Å². The lowest BCUT2D eigenvalue weighted by atomic mass is 10.0. The molecule has 1 saturated carbocycles. The fraction of sp³-hybridized carbons (Fsp3) is 0.929. The van der Waals surface area contributed by atoms with E-state index in [4.69, 9.17) is 14.2 Å². The molecule has 0 amide bonds. The lowest BCUT2D eigenvalue weighted by molar-refractivity contribution is -0.401. The molecule has 0 aromatic heterocycles. The third-order valence-corrected chi connectivity index (χ3v) is 3.51. The molecule has 2 unspecified atom stereocenters. The summed E-state index contributed by atoms with van der Waals surface area (Å²) in [6.45, 7) is 7.54. The molecule has 1 rings (SSSR count). The average Bonchev–Trinajstić information content (AvgIpc) is 2.79. The zero-order valence-corrected chi connectivity index (χ0v) is 11.8. The Morgan fingerprint density at radius 3 is 2.06 bits per heavy atom. The number of hydrogen-bond donors (Lipinski definition) is 0. The molecule has 106 valence electrons. The molecule has 0 saturated heterocycles. The van der Waals surface area contributed by atoms with Crippen LogP contribution in [0, 0.1) is 11.8 Å². The molecule has 0 heterocycles. The van der Waals surface area contributed by atoms with Crippen molar-refractivity contribution in [3.8, 4) is 0 Å². The smallest absolute Gasteiger partial charge is 0.285 e. The highest BCUT2D eigenvalue weighted by Gasteiger charge is 2.45. The highest BCUT2D eigenvalue weighted by molar-refractivity contribution is 5.49. The van der Waals surface area contributed by atoms with Gasteiger partial charge in [0.1, 0.15) is 6.29 Å². The van der Waals surface area contributed by atoms with Crippen LogP contribution in [0.15, 0.2) is 0 Å². The standard InChI is InChI=1S/C14H26O4/c1-4-16-14(17-5-2,18-6-3)13-8-7-12(11-13)9-10-15/h10,12-13H,4-9,11H2,1-3H3. The molecule has 0 radical (unpaired) electrons. The van der Waals surface area contributed by atoms with E-state index in [9.17, 15) is 4.79 Å². The van der Waals surface area contributed by atoms with Crippen LogP contribution < -0.4 is 0 Å². The van der Waals surface area contributed by atoms with Gasteiger partial charge >= 0.3 is 0 Å². The van der Waals surface area contributed by atoms with Gasteiger partial charge in [0.05, 0.1) is 0 Å². The van der Waals surface area contributed by atoms with Gasteiger partial charge in [-0.1, -0.05) is 0 Å². The van der Waals surface area contributed by atoms with E-state index in [-0.39, 0.29) is 5.92 Å². The van der Waals surface area contributed by atoms with E-state index < -0.39 is 5.97 Å². The Kier molecular flexibility index (Phi) is 6.82. The molecule has 1 aliphatic rings. The fourth-order valence-corrected chi connectivity index (χ4v) is 2.83. The zero-order chi connectivity index (χ0) is 13.4. The number of aldehydes is 1. The largest absolute Gasteiger partial charge is 0.328 e. The minimum atomic E-state index is -0.907. The van der Waals surface area contributed by atoms with Gasteiger partial charge in [-0.25, -0.2) is 0 Å². The van der Waals surface area contributed by atoms with Crippen LogP contribution in [0.5, 0.6) is 0 Å². The molecule has 4 heteroatoms. The maximum Gasteiger partial charge on any atom is 0.285 e. The van der Waals surface area contributed by atoms with Crippen molar-refractivity contribution in [2.24, 2.45) is 11.8 Å². The van der Waals surface area contributed by atoms with Crippen LogP contribution in [0.3, 0.4) is 0 Å². The van der Waals surface area contributed by atoms with Crippen molar-refractivity contribution in [2.75, 3.05) is 19.8 Å². The number of ether oxygens (including phenoxy) is 3. The van der Waals surface area contributed by atoms with Crippen LogP contribution in [-0.2, 0) is 19.0 Å². The third-order valence-electron chi connectivity index (χ3n) is 3.51. The fourth-order valence-electron chi connectivity index (χ4n) is 2.83. The van der Waals surface area contributed by atoms with Gasteiger partial charge in [0, 0.05) is 32.2 Å². The quantitative estimate of drug-likeness (QED) is 0.471. The number of carbonyl (C=O) groups is 1. The van der Waals surface area contributed by atoms with Crippen molar-refractivity contribution in [1.82, 2.24) is 0 Å². The molecule has 2 atom stereocenters. The molecule has 1 fully saturated rings. The summed E-state index contributed by atoms with van der Waals surface area (Å²) in [6.07, 6.45) is 4.64. The number of hydrogen-bond acceptors (Lipinski definition) is 4. The highest BCUT2D eigenvalue weighted by atomic mass is 16.9. The van der Waals surface area contributed by atoms with Gasteiger partial charge in [-0.2, -0.15) is 0 Å². The molecule has 0 N–H and O–H groups in total. The molecule has 0 aliphatic heterocycles. The molecule has 0 aromatic rings. The monoisotopic (exact) mass is 258 g/mol. The summed E-state index contributed by atoms with van der Waals surface area (Å²) >= 11 is 0. The molecular formula is C14H26O4. The zero-order valence-electron chi connectivity index (χ0n) is 11.8. The predicted octanol–water partition coefficient (Wildman–Crippen LogP) is 2.76. The van der Waals surface area contributed by atoms with E-state index in [2.05, 4.69) is 0 Å². The predicted molar refractivity (Wildman–Crippen MR) is 69.1 cm³/mol. The molecule has 0 spiro atoms. The van der Waals surface area contributed by atoms with Gasteiger partial charge in [0.2, 0.25) is 0 Å². The Hall–Kier alpha value is -0.450. The summed E-state index contributed by atoms with van der Waals surface area (Å²) in [5, 5.41) is 0. The summed E-state index contributed by atoms with van der Waals surface area (Å²) in [6, 6.07) is 0. The summed E-state index contributed by atoms with van der Waals surface area (Å²) in [5.74, 6) is -0.230. The second-order valence-corrected chi connectivity index (χ2v) is 4.68. The van der Waals surface area contributed by atoms with E-state index in [0.29, 0.717) is 32.2 Å². The lowest BCUT2D eigenvalue weighted by Gasteiger charge is -2.37. The van der Waals surface area contributed by atoms with Gasteiger partial charge in [-0.3, -0.25) is 0 Å². The first-order chi connectivity index (χ1) is 8.72. The van der Waals surface area contributed by atoms with Crippen molar-refractivity contribution in [2.45, 2.75) is 52.4 Å². The lowest BCUT2D eigenvalue weighted by Crippen LogP contribution is -2.46. The highest BCUT2D eigenvalue weighted by Crippen LogP contribution is 2.42. The minimum absolute atomic E-state index is 0.224. The maximum atomic E-state index is 10.6. The SMILES string of the molecule is CCOC(OCC)(OCC)C1CCC(CC=O)C1. The first kappa shape index (κ1) is 15.6. The van der Waals surface area contributed by atoms with Crippen LogP contribution in [0.25, 0.3) is 0 Å². The van der Waals surface area contributed by atoms with Gasteiger partial charge in [-0.05, 0) is 46.0 Å². The van der Waals surface area contributed by atoms with Crippen LogP contribution in [0.1, 0.15) is 46.5 Å².